The van der Waals surface area contributed by atoms with Crippen LogP contribution in [0.1, 0.15) is 11.1 Å². The number of methoxy groups -OCH3 is 2. The number of benzene rings is 3. The van der Waals surface area contributed by atoms with Crippen molar-refractivity contribution in [3.8, 4) is 39.5 Å². The van der Waals surface area contributed by atoms with Crippen molar-refractivity contribution < 1.29 is 14.6 Å². The molecule has 3 rings (SSSR count). The van der Waals surface area contributed by atoms with Crippen molar-refractivity contribution in [1.82, 2.24) is 0 Å². The Morgan fingerprint density at radius 2 is 1.00 bits per heavy atom. The van der Waals surface area contributed by atoms with Gasteiger partial charge in [-0.05, 0) is 60.4 Å². The summed E-state index contributed by atoms with van der Waals surface area (Å²) in [5.74, 6) is 1.89. The average Bonchev–Trinajstić information content (AvgIpc) is 2.62. The summed E-state index contributed by atoms with van der Waals surface area (Å²) < 4.78 is 10.5. The summed E-state index contributed by atoms with van der Waals surface area (Å²) in [7, 11) is 3.29. The molecule has 1 N–H and O–H groups in total. The summed E-state index contributed by atoms with van der Waals surface area (Å²) in [5.41, 5.74) is 5.70. The van der Waals surface area contributed by atoms with E-state index in [2.05, 4.69) is 6.07 Å². The van der Waals surface area contributed by atoms with Gasteiger partial charge in [0, 0.05) is 11.1 Å². The van der Waals surface area contributed by atoms with E-state index >= 15 is 0 Å². The van der Waals surface area contributed by atoms with Gasteiger partial charge in [-0.25, -0.2) is 0 Å². The minimum Gasteiger partial charge on any atom is -0.507 e. The van der Waals surface area contributed by atoms with Gasteiger partial charge in [-0.1, -0.05) is 30.3 Å². The van der Waals surface area contributed by atoms with Gasteiger partial charge in [0.2, 0.25) is 0 Å². The van der Waals surface area contributed by atoms with E-state index in [-0.39, 0.29) is 0 Å². The Morgan fingerprint density at radius 1 is 0.640 bits per heavy atom. The largest absolute Gasteiger partial charge is 0.507 e. The van der Waals surface area contributed by atoms with E-state index in [1.807, 2.05) is 62.4 Å². The first-order valence-electron chi connectivity index (χ1n) is 8.17. The molecule has 0 aliphatic heterocycles. The molecule has 0 heterocycles. The van der Waals surface area contributed by atoms with Gasteiger partial charge in [0.15, 0.2) is 0 Å². The molecule has 3 nitrogen and oxygen atoms in total. The molecule has 0 bridgehead atoms. The number of rotatable bonds is 4. The van der Waals surface area contributed by atoms with Crippen LogP contribution >= 0.6 is 0 Å². The quantitative estimate of drug-likeness (QED) is 0.698. The first-order chi connectivity index (χ1) is 12.0. The lowest BCUT2D eigenvalue weighted by molar-refractivity contribution is 0.415. The Hall–Kier alpha value is -2.94. The first kappa shape index (κ1) is 16.9. The average molecular weight is 334 g/mol. The molecule has 0 saturated carbocycles. The molecule has 0 amide bonds. The topological polar surface area (TPSA) is 38.7 Å². The van der Waals surface area contributed by atoms with Crippen LogP contribution in [0.4, 0.5) is 0 Å². The lowest BCUT2D eigenvalue weighted by Gasteiger charge is -2.17. The second-order valence-corrected chi connectivity index (χ2v) is 6.07. The first-order valence-corrected chi connectivity index (χ1v) is 8.17. The molecule has 0 saturated heterocycles. The van der Waals surface area contributed by atoms with E-state index in [1.165, 1.54) is 0 Å². The molecule has 0 aliphatic carbocycles. The van der Waals surface area contributed by atoms with Crippen molar-refractivity contribution >= 4 is 0 Å². The summed E-state index contributed by atoms with van der Waals surface area (Å²) in [6.45, 7) is 4.04. The van der Waals surface area contributed by atoms with Crippen LogP contribution in [0.2, 0.25) is 0 Å². The second kappa shape index (κ2) is 6.89. The van der Waals surface area contributed by atoms with Crippen molar-refractivity contribution in [3.05, 3.63) is 65.7 Å². The fourth-order valence-corrected chi connectivity index (χ4v) is 3.21. The van der Waals surface area contributed by atoms with Crippen LogP contribution in [0.5, 0.6) is 17.2 Å². The number of phenolic OH excluding ortho intramolecular Hbond substituents is 1. The van der Waals surface area contributed by atoms with E-state index in [0.29, 0.717) is 5.75 Å². The van der Waals surface area contributed by atoms with Crippen LogP contribution in [0.25, 0.3) is 22.3 Å². The minimum atomic E-state index is 0.299. The van der Waals surface area contributed by atoms with Crippen molar-refractivity contribution in [1.29, 1.82) is 0 Å². The molecule has 0 fully saturated rings. The predicted octanol–water partition coefficient (Wildman–Crippen LogP) is 5.36. The monoisotopic (exact) mass is 334 g/mol. The zero-order valence-electron chi connectivity index (χ0n) is 15.0. The predicted molar refractivity (Wildman–Crippen MR) is 102 cm³/mol. The molecule has 3 aromatic carbocycles. The third-order valence-electron chi connectivity index (χ3n) is 4.45. The Labute approximate surface area is 148 Å². The smallest absolute Gasteiger partial charge is 0.131 e. The summed E-state index contributed by atoms with van der Waals surface area (Å²) in [5, 5.41) is 11.0. The molecule has 0 aliphatic rings. The van der Waals surface area contributed by atoms with Gasteiger partial charge in [0.05, 0.1) is 14.2 Å². The Bertz CT molecular complexity index is 807. The number of hydrogen-bond acceptors (Lipinski definition) is 3. The maximum absolute atomic E-state index is 11.0. The second-order valence-electron chi connectivity index (χ2n) is 6.07. The van der Waals surface area contributed by atoms with Gasteiger partial charge >= 0.3 is 0 Å². The maximum atomic E-state index is 11.0. The van der Waals surface area contributed by atoms with Gasteiger partial charge in [-0.15, -0.1) is 0 Å². The number of hydrogen-bond donors (Lipinski definition) is 1. The van der Waals surface area contributed by atoms with Gasteiger partial charge in [0.25, 0.3) is 0 Å². The van der Waals surface area contributed by atoms with Crippen LogP contribution in [-0.4, -0.2) is 19.3 Å². The lowest BCUT2D eigenvalue weighted by atomic mass is 9.90. The molecule has 0 atom stereocenters. The van der Waals surface area contributed by atoms with Crippen LogP contribution in [0.15, 0.2) is 54.6 Å². The number of phenols is 1. The standard InChI is InChI=1S/C22H22O3/c1-14-13-15(2)21(17-7-11-19(25-4)12-8-17)22(23)20(14)16-5-9-18(24-3)10-6-16/h5-13,23H,1-4H3. The lowest BCUT2D eigenvalue weighted by Crippen LogP contribution is -1.93. The molecule has 25 heavy (non-hydrogen) atoms. The highest BCUT2D eigenvalue weighted by Crippen LogP contribution is 2.43. The molecule has 0 spiro atoms. The van der Waals surface area contributed by atoms with E-state index in [1.54, 1.807) is 14.2 Å². The normalized spacial score (nSPS) is 10.6. The van der Waals surface area contributed by atoms with Crippen LogP contribution in [-0.2, 0) is 0 Å². The summed E-state index contributed by atoms with van der Waals surface area (Å²) in [6.07, 6.45) is 0. The third kappa shape index (κ3) is 3.18. The molecule has 3 heteroatoms. The number of aromatic hydroxyl groups is 1. The Morgan fingerprint density at radius 3 is 1.32 bits per heavy atom. The Kier molecular flexibility index (Phi) is 4.66. The van der Waals surface area contributed by atoms with E-state index < -0.39 is 0 Å². The fraction of sp³-hybridized carbons (Fsp3) is 0.182. The zero-order chi connectivity index (χ0) is 18.0. The zero-order valence-corrected chi connectivity index (χ0v) is 15.0. The van der Waals surface area contributed by atoms with E-state index in [0.717, 1.165) is 44.9 Å². The maximum Gasteiger partial charge on any atom is 0.131 e. The van der Waals surface area contributed by atoms with Gasteiger partial charge in [-0.3, -0.25) is 0 Å². The van der Waals surface area contributed by atoms with Crippen molar-refractivity contribution in [3.63, 3.8) is 0 Å². The van der Waals surface area contributed by atoms with Crippen LogP contribution < -0.4 is 9.47 Å². The summed E-state index contributed by atoms with van der Waals surface area (Å²) in [6, 6.07) is 17.6. The highest BCUT2D eigenvalue weighted by Gasteiger charge is 2.17. The SMILES string of the molecule is COc1ccc(-c2c(C)cc(C)c(-c3ccc(OC)cc3)c2O)cc1. The highest BCUT2D eigenvalue weighted by molar-refractivity contribution is 5.86. The highest BCUT2D eigenvalue weighted by atomic mass is 16.5. The van der Waals surface area contributed by atoms with Crippen molar-refractivity contribution in [2.75, 3.05) is 14.2 Å². The molecular weight excluding hydrogens is 312 g/mol. The third-order valence-corrected chi connectivity index (χ3v) is 4.45. The molecular formula is C22H22O3. The fourth-order valence-electron chi connectivity index (χ4n) is 3.21. The van der Waals surface area contributed by atoms with Gasteiger partial charge < -0.3 is 14.6 Å². The van der Waals surface area contributed by atoms with Crippen LogP contribution in [0, 0.1) is 13.8 Å². The summed E-state index contributed by atoms with van der Waals surface area (Å²) >= 11 is 0. The molecule has 0 unspecified atom stereocenters. The van der Waals surface area contributed by atoms with Gasteiger partial charge in [-0.2, -0.15) is 0 Å². The van der Waals surface area contributed by atoms with Crippen molar-refractivity contribution in [2.24, 2.45) is 0 Å². The Balaban J connectivity index is 2.16. The number of ether oxygens (including phenoxy) is 2. The molecule has 0 aromatic heterocycles. The summed E-state index contributed by atoms with van der Waals surface area (Å²) in [4.78, 5) is 0. The molecule has 0 radical (unpaired) electrons. The van der Waals surface area contributed by atoms with Gasteiger partial charge in [0.1, 0.15) is 17.2 Å². The van der Waals surface area contributed by atoms with E-state index in [9.17, 15) is 5.11 Å². The van der Waals surface area contributed by atoms with Crippen molar-refractivity contribution in [2.45, 2.75) is 13.8 Å². The minimum absolute atomic E-state index is 0.299. The van der Waals surface area contributed by atoms with E-state index in [4.69, 9.17) is 9.47 Å². The molecule has 3 aromatic rings. The van der Waals surface area contributed by atoms with Crippen LogP contribution in [0.3, 0.4) is 0 Å². The number of aryl methyl sites for hydroxylation is 2. The molecule has 128 valence electrons.